The van der Waals surface area contributed by atoms with Gasteiger partial charge in [0.15, 0.2) is 0 Å². The van der Waals surface area contributed by atoms with Gasteiger partial charge in [-0.1, -0.05) is 211 Å². The highest BCUT2D eigenvalue weighted by Gasteiger charge is 2.21. The highest BCUT2D eigenvalue weighted by atomic mass is 16.3. The van der Waals surface area contributed by atoms with Crippen LogP contribution in [-0.2, 0) is 10.8 Å². The highest BCUT2D eigenvalue weighted by molar-refractivity contribution is 6.20. The smallest absolute Gasteiger partial charge is 0.145 e. The fourth-order valence-electron chi connectivity index (χ4n) is 12.0. The monoisotopic (exact) mass is 1040 g/mol. The van der Waals surface area contributed by atoms with Gasteiger partial charge in [0.2, 0.25) is 0 Å². The van der Waals surface area contributed by atoms with Crippen LogP contribution < -0.4 is 0 Å². The van der Waals surface area contributed by atoms with Crippen molar-refractivity contribution in [2.24, 2.45) is 0 Å². The molecule has 10 aromatic carbocycles. The lowest BCUT2D eigenvalue weighted by Gasteiger charge is -2.22. The Morgan fingerprint density at radius 1 is 0.370 bits per heavy atom. The summed E-state index contributed by atoms with van der Waals surface area (Å²) in [5.74, 6) is 0.857. The Labute approximate surface area is 471 Å². The molecule has 0 radical (unpaired) electrons. The Morgan fingerprint density at radius 3 is 1.59 bits per heavy atom. The summed E-state index contributed by atoms with van der Waals surface area (Å²) in [6.45, 7) is 13.6. The van der Waals surface area contributed by atoms with Gasteiger partial charge in [-0.3, -0.25) is 9.13 Å². The molecule has 0 unspecified atom stereocenters. The quantitative estimate of drug-likeness (QED) is 0.177. The predicted octanol–water partition coefficient (Wildman–Crippen LogP) is 20.8. The molecular weight excluding hydrogens is 985 g/mol. The molecule has 15 rings (SSSR count). The molecule has 0 saturated carbocycles. The lowest BCUT2D eigenvalue weighted by Crippen LogP contribution is -2.12. The van der Waals surface area contributed by atoms with E-state index in [0.717, 1.165) is 109 Å². The van der Waals surface area contributed by atoms with Gasteiger partial charge in [0, 0.05) is 45.6 Å². The van der Waals surface area contributed by atoms with Gasteiger partial charge in [0.25, 0.3) is 0 Å². The zero-order valence-electron chi connectivity index (χ0n) is 46.4. The number of aromatic nitrogens is 4. The van der Waals surface area contributed by atoms with E-state index in [1.165, 1.54) is 21.9 Å². The number of nitrogens with zero attached hydrogens (tertiary/aromatic N) is 4. The van der Waals surface area contributed by atoms with Crippen molar-refractivity contribution in [3.05, 3.63) is 266 Å². The Kier molecular flexibility index (Phi) is 11.9. The van der Waals surface area contributed by atoms with Crippen molar-refractivity contribution >= 4 is 109 Å². The van der Waals surface area contributed by atoms with Crippen LogP contribution in [0.2, 0.25) is 0 Å². The van der Waals surface area contributed by atoms with Crippen molar-refractivity contribution in [1.82, 2.24) is 19.1 Å². The van der Waals surface area contributed by atoms with E-state index in [9.17, 15) is 0 Å². The van der Waals surface area contributed by atoms with Crippen LogP contribution in [-0.4, -0.2) is 19.1 Å². The molecule has 0 aliphatic carbocycles. The van der Waals surface area contributed by atoms with Crippen LogP contribution in [0, 0.1) is 0 Å². The number of rotatable bonds is 3. The lowest BCUT2D eigenvalue weighted by atomic mass is 9.85. The van der Waals surface area contributed by atoms with Crippen molar-refractivity contribution in [1.29, 1.82) is 0 Å². The number of imidazole rings is 1. The number of benzene rings is 10. The third-order valence-corrected chi connectivity index (χ3v) is 16.2. The summed E-state index contributed by atoms with van der Waals surface area (Å²) in [4.78, 5) is 10.7. The molecule has 5 aromatic heterocycles. The maximum atomic E-state index is 7.02. The molecule has 0 fully saturated rings. The Bertz CT molecular complexity index is 5080. The van der Waals surface area contributed by atoms with Gasteiger partial charge in [0.1, 0.15) is 22.6 Å². The summed E-state index contributed by atoms with van der Waals surface area (Å²) >= 11 is 0. The fourth-order valence-corrected chi connectivity index (χ4v) is 12.0. The van der Waals surface area contributed by atoms with Gasteiger partial charge in [0.05, 0.1) is 22.2 Å². The van der Waals surface area contributed by atoms with Crippen molar-refractivity contribution in [2.75, 3.05) is 0 Å². The van der Waals surface area contributed by atoms with Crippen LogP contribution in [0.25, 0.3) is 131 Å². The lowest BCUT2D eigenvalue weighted by molar-refractivity contribution is 0.588. The van der Waals surface area contributed by atoms with Gasteiger partial charge in [-0.25, -0.2) is 9.97 Å². The van der Waals surface area contributed by atoms with Crippen molar-refractivity contribution in [3.8, 4) is 22.6 Å². The average molecular weight is 1050 g/mol. The van der Waals surface area contributed by atoms with E-state index in [-0.39, 0.29) is 10.8 Å². The van der Waals surface area contributed by atoms with Gasteiger partial charge >= 0.3 is 0 Å². The number of pyridine rings is 1. The first-order chi connectivity index (χ1) is 39.4. The van der Waals surface area contributed by atoms with E-state index in [1.54, 1.807) is 0 Å². The van der Waals surface area contributed by atoms with Crippen LogP contribution >= 0.6 is 0 Å². The molecule has 5 heterocycles. The summed E-state index contributed by atoms with van der Waals surface area (Å²) < 4.78 is 11.6. The van der Waals surface area contributed by atoms with Crippen molar-refractivity contribution in [2.45, 2.75) is 52.4 Å². The topological polar surface area (TPSA) is 48.8 Å². The molecule has 0 N–H and O–H groups in total. The molecule has 0 amide bonds. The molecule has 15 aromatic rings. The molecule has 81 heavy (non-hydrogen) atoms. The fraction of sp³-hybridized carbons (Fsp3) is 0.105. The summed E-state index contributed by atoms with van der Waals surface area (Å²) in [5, 5.41) is 15.6. The zero-order valence-corrected chi connectivity index (χ0v) is 46.4. The van der Waals surface area contributed by atoms with E-state index in [2.05, 4.69) is 293 Å². The molecule has 0 aliphatic rings. The first kappa shape index (κ1) is 49.5. The van der Waals surface area contributed by atoms with Crippen LogP contribution in [0.15, 0.2) is 259 Å². The second kappa shape index (κ2) is 19.5. The first-order valence-electron chi connectivity index (χ1n) is 28.0. The summed E-state index contributed by atoms with van der Waals surface area (Å²) in [7, 11) is 0. The maximum absolute atomic E-state index is 7.02. The minimum atomic E-state index is -0.0811. The molecule has 5 heteroatoms. The minimum absolute atomic E-state index is 0.0672. The van der Waals surface area contributed by atoms with Crippen LogP contribution in [0.3, 0.4) is 0 Å². The number of hydrogen-bond donors (Lipinski definition) is 0. The number of hydrogen-bond acceptors (Lipinski definition) is 3. The van der Waals surface area contributed by atoms with E-state index in [1.807, 2.05) is 12.3 Å². The summed E-state index contributed by atoms with van der Waals surface area (Å²) in [6, 6.07) is 88.0. The van der Waals surface area contributed by atoms with Gasteiger partial charge in [-0.2, -0.15) is 0 Å². The molecule has 0 spiro atoms. The molecular formula is C76H60N4O. The molecule has 390 valence electrons. The second-order valence-corrected chi connectivity index (χ2v) is 23.5. The molecule has 11 bridgehead atoms. The molecule has 0 atom stereocenters. The predicted molar refractivity (Wildman–Crippen MR) is 344 cm³/mol. The van der Waals surface area contributed by atoms with Crippen molar-refractivity contribution < 1.29 is 4.42 Å². The third-order valence-electron chi connectivity index (χ3n) is 16.2. The molecule has 0 aliphatic heterocycles. The normalized spacial score (nSPS) is 12.1. The number of fused-ring (bicyclic) bond motifs is 1. The second-order valence-electron chi connectivity index (χ2n) is 23.5. The van der Waals surface area contributed by atoms with E-state index >= 15 is 0 Å². The SMILES string of the molecule is CC(C)(C)c1ccnc(-n2c3ccc4cc3c3ccc(cc32)oc2cccc(c2)c2nc(cn2-c2ccc(C(C)(C)C)cc2-c2ccccc2)c2ccccc2c2cccc(c2)c2ccccc2c2ccccc2c2ccccc42)c1. The highest BCUT2D eigenvalue weighted by Crippen LogP contribution is 2.39. The third kappa shape index (κ3) is 8.92. The van der Waals surface area contributed by atoms with Crippen LogP contribution in [0.5, 0.6) is 0 Å². The van der Waals surface area contributed by atoms with E-state index < -0.39 is 0 Å². The Morgan fingerprint density at radius 2 is 0.926 bits per heavy atom. The van der Waals surface area contributed by atoms with E-state index in [4.69, 9.17) is 14.4 Å². The minimum Gasteiger partial charge on any atom is -0.457 e. The Hall–Kier alpha value is -9.84. The summed E-state index contributed by atoms with van der Waals surface area (Å²) in [6.07, 6.45) is 4.16. The standard InChI is InChI=1S/C76H60N4O/c1-75(2,3)54-35-39-70(67(45-54)49-20-8-7-9-21-49)79-48-69-65-33-17-12-28-60(65)51-23-18-22-50(42-51)58-26-10-13-29-61(58)63-31-15-16-32-64(63)62-30-14-11-27-59(62)52-34-38-71-68(44-52)66-37-36-57(81-56-25-19-24-53(43-56)74(79)78-69)47-72(66)80(71)73-46-55(40-41-77-73)76(4,5)6/h7-48H,1-6H3. The van der Waals surface area contributed by atoms with Crippen LogP contribution in [0.4, 0.5) is 0 Å². The van der Waals surface area contributed by atoms with Gasteiger partial charge in [-0.05, 0) is 148 Å². The maximum Gasteiger partial charge on any atom is 0.145 e. The van der Waals surface area contributed by atoms with E-state index in [0.29, 0.717) is 11.2 Å². The summed E-state index contributed by atoms with van der Waals surface area (Å²) in [5.41, 5.74) is 10.8. The average Bonchev–Trinajstić information content (AvgIpc) is 4.25. The van der Waals surface area contributed by atoms with Crippen molar-refractivity contribution in [3.63, 3.8) is 0 Å². The first-order valence-corrected chi connectivity index (χ1v) is 28.0. The van der Waals surface area contributed by atoms with Crippen LogP contribution in [0.1, 0.15) is 52.7 Å². The largest absolute Gasteiger partial charge is 0.457 e. The van der Waals surface area contributed by atoms with Gasteiger partial charge < -0.3 is 4.42 Å². The van der Waals surface area contributed by atoms with Gasteiger partial charge in [-0.15, -0.1) is 0 Å². The zero-order chi connectivity index (χ0) is 55.0. The molecule has 5 nitrogen and oxygen atoms in total. The molecule has 0 saturated heterocycles. The Balaban J connectivity index is 1.16.